The molecule has 26 heavy (non-hydrogen) atoms. The van der Waals surface area contributed by atoms with Crippen molar-refractivity contribution in [1.82, 2.24) is 15.0 Å². The minimum Gasteiger partial charge on any atom is -0.494 e. The smallest absolute Gasteiger partial charge is 0.254 e. The molecule has 1 aromatic heterocycles. The van der Waals surface area contributed by atoms with Gasteiger partial charge in [-0.1, -0.05) is 28.9 Å². The summed E-state index contributed by atoms with van der Waals surface area (Å²) in [5, 5.41) is 3.95. The Labute approximate surface area is 150 Å². The molecule has 0 saturated carbocycles. The lowest BCUT2D eigenvalue weighted by atomic mass is 10.1. The summed E-state index contributed by atoms with van der Waals surface area (Å²) >= 11 is 0. The molecule has 0 atom stereocenters. The summed E-state index contributed by atoms with van der Waals surface area (Å²) in [5.41, 5.74) is 2.14. The Morgan fingerprint density at radius 2 is 2.08 bits per heavy atom. The molecular weight excluding hydrogens is 337 g/mol. The number of nitrogens with zero attached hydrogens (tertiary/aromatic N) is 3. The first-order valence-electron chi connectivity index (χ1n) is 7.96. The summed E-state index contributed by atoms with van der Waals surface area (Å²) in [6.07, 6.45) is 0. The predicted octanol–water partition coefficient (Wildman–Crippen LogP) is 3.46. The molecule has 3 aromatic rings. The van der Waals surface area contributed by atoms with Crippen LogP contribution >= 0.6 is 0 Å². The summed E-state index contributed by atoms with van der Waals surface area (Å²) in [6.45, 7) is 2.09. The second-order valence-corrected chi connectivity index (χ2v) is 5.89. The molecular formula is C19H18FN3O3. The first-order valence-corrected chi connectivity index (χ1v) is 7.96. The molecule has 2 aromatic carbocycles. The highest BCUT2D eigenvalue weighted by Gasteiger charge is 2.17. The molecule has 134 valence electrons. The molecule has 0 aliphatic rings. The Morgan fingerprint density at radius 3 is 2.77 bits per heavy atom. The van der Waals surface area contributed by atoms with E-state index in [0.29, 0.717) is 11.7 Å². The van der Waals surface area contributed by atoms with Gasteiger partial charge in [-0.2, -0.15) is 4.98 Å². The fourth-order valence-corrected chi connectivity index (χ4v) is 2.51. The minimum atomic E-state index is -0.591. The van der Waals surface area contributed by atoms with Gasteiger partial charge in [-0.25, -0.2) is 4.39 Å². The largest absolute Gasteiger partial charge is 0.494 e. The molecule has 7 heteroatoms. The molecule has 0 spiro atoms. The van der Waals surface area contributed by atoms with Crippen LogP contribution in [0.15, 0.2) is 47.0 Å². The van der Waals surface area contributed by atoms with E-state index in [-0.39, 0.29) is 23.8 Å². The highest BCUT2D eigenvalue weighted by molar-refractivity contribution is 5.94. The van der Waals surface area contributed by atoms with E-state index in [0.717, 1.165) is 17.2 Å². The maximum Gasteiger partial charge on any atom is 0.254 e. The normalized spacial score (nSPS) is 10.6. The topological polar surface area (TPSA) is 68.5 Å². The van der Waals surface area contributed by atoms with Crippen molar-refractivity contribution < 1.29 is 18.4 Å². The van der Waals surface area contributed by atoms with Crippen LogP contribution in [0.5, 0.6) is 5.75 Å². The van der Waals surface area contributed by atoms with Crippen LogP contribution in [0.1, 0.15) is 21.8 Å². The van der Waals surface area contributed by atoms with Crippen LogP contribution in [0.25, 0.3) is 11.4 Å². The minimum absolute atomic E-state index is 0.0869. The predicted molar refractivity (Wildman–Crippen MR) is 93.2 cm³/mol. The van der Waals surface area contributed by atoms with E-state index in [1.54, 1.807) is 7.05 Å². The number of methoxy groups -OCH3 is 1. The molecule has 0 radical (unpaired) electrons. The molecule has 0 aliphatic heterocycles. The molecule has 0 fully saturated rings. The lowest BCUT2D eigenvalue weighted by molar-refractivity contribution is 0.0769. The summed E-state index contributed by atoms with van der Waals surface area (Å²) in [4.78, 5) is 18.2. The number of aryl methyl sites for hydroxylation is 1. The lowest BCUT2D eigenvalue weighted by Crippen LogP contribution is -2.26. The van der Waals surface area contributed by atoms with Gasteiger partial charge in [-0.3, -0.25) is 4.79 Å². The Hall–Kier alpha value is -3.22. The maximum absolute atomic E-state index is 13.8. The summed E-state index contributed by atoms with van der Waals surface area (Å²) in [6, 6.07) is 11.8. The van der Waals surface area contributed by atoms with E-state index < -0.39 is 5.82 Å². The maximum atomic E-state index is 13.8. The van der Waals surface area contributed by atoms with Crippen molar-refractivity contribution in [2.24, 2.45) is 0 Å². The monoisotopic (exact) mass is 355 g/mol. The van der Waals surface area contributed by atoms with Gasteiger partial charge in [0, 0.05) is 18.2 Å². The van der Waals surface area contributed by atoms with Gasteiger partial charge in [-0.15, -0.1) is 0 Å². The zero-order chi connectivity index (χ0) is 18.7. The number of amides is 1. The molecule has 0 saturated heterocycles. The second-order valence-electron chi connectivity index (χ2n) is 5.89. The molecule has 0 N–H and O–H groups in total. The van der Waals surface area contributed by atoms with Gasteiger partial charge < -0.3 is 14.2 Å². The van der Waals surface area contributed by atoms with Crippen molar-refractivity contribution in [3.63, 3.8) is 0 Å². The highest BCUT2D eigenvalue weighted by Crippen LogP contribution is 2.20. The Bertz CT molecular complexity index is 939. The van der Waals surface area contributed by atoms with Crippen molar-refractivity contribution in [1.29, 1.82) is 0 Å². The number of carbonyl (C=O) groups is 1. The van der Waals surface area contributed by atoms with Crippen LogP contribution in [-0.2, 0) is 6.54 Å². The van der Waals surface area contributed by atoms with Crippen LogP contribution in [0.2, 0.25) is 0 Å². The first kappa shape index (κ1) is 17.6. The number of carbonyl (C=O) groups excluding carboxylic acids is 1. The third kappa shape index (κ3) is 3.72. The summed E-state index contributed by atoms with van der Waals surface area (Å²) in [5.74, 6) is -0.108. The molecule has 1 heterocycles. The van der Waals surface area contributed by atoms with E-state index in [2.05, 4.69) is 10.1 Å². The van der Waals surface area contributed by atoms with Crippen LogP contribution in [0.4, 0.5) is 4.39 Å². The standard InChI is InChI=1S/C19H18FN3O3/c1-12-5-4-6-13(9-12)18-21-17(26-22-18)11-23(2)19(24)14-7-8-16(25-3)15(20)10-14/h4-10H,11H2,1-3H3. The third-order valence-corrected chi connectivity index (χ3v) is 3.86. The van der Waals surface area contributed by atoms with E-state index in [1.165, 1.54) is 24.1 Å². The Kier molecular flexibility index (Phi) is 4.97. The number of hydrogen-bond donors (Lipinski definition) is 0. The van der Waals surface area contributed by atoms with Gasteiger partial charge in [0.2, 0.25) is 11.7 Å². The van der Waals surface area contributed by atoms with Gasteiger partial charge in [0.1, 0.15) is 0 Å². The zero-order valence-corrected chi connectivity index (χ0v) is 14.7. The van der Waals surface area contributed by atoms with Gasteiger partial charge in [-0.05, 0) is 31.2 Å². The van der Waals surface area contributed by atoms with Crippen molar-refractivity contribution in [2.75, 3.05) is 14.2 Å². The number of rotatable bonds is 5. The molecule has 6 nitrogen and oxygen atoms in total. The molecule has 3 rings (SSSR count). The molecule has 0 unspecified atom stereocenters. The number of benzene rings is 2. The Balaban J connectivity index is 1.73. The zero-order valence-electron chi connectivity index (χ0n) is 14.7. The van der Waals surface area contributed by atoms with Crippen LogP contribution in [-0.4, -0.2) is 35.1 Å². The number of aromatic nitrogens is 2. The molecule has 0 aliphatic carbocycles. The quantitative estimate of drug-likeness (QED) is 0.701. The lowest BCUT2D eigenvalue weighted by Gasteiger charge is -2.15. The van der Waals surface area contributed by atoms with E-state index >= 15 is 0 Å². The highest BCUT2D eigenvalue weighted by atomic mass is 19.1. The average Bonchev–Trinajstić information content (AvgIpc) is 3.09. The number of halogens is 1. The van der Waals surface area contributed by atoms with Crippen molar-refractivity contribution >= 4 is 5.91 Å². The van der Waals surface area contributed by atoms with E-state index in [9.17, 15) is 9.18 Å². The van der Waals surface area contributed by atoms with Crippen LogP contribution in [0.3, 0.4) is 0 Å². The van der Waals surface area contributed by atoms with Crippen molar-refractivity contribution in [3.05, 3.63) is 65.3 Å². The Morgan fingerprint density at radius 1 is 1.27 bits per heavy atom. The van der Waals surface area contributed by atoms with Gasteiger partial charge in [0.05, 0.1) is 13.7 Å². The van der Waals surface area contributed by atoms with E-state index in [4.69, 9.17) is 9.26 Å². The molecule has 0 bridgehead atoms. The SMILES string of the molecule is COc1ccc(C(=O)N(C)Cc2nc(-c3cccc(C)c3)no2)cc1F. The molecule has 1 amide bonds. The van der Waals surface area contributed by atoms with Gasteiger partial charge >= 0.3 is 0 Å². The number of hydrogen-bond acceptors (Lipinski definition) is 5. The van der Waals surface area contributed by atoms with Gasteiger partial charge in [0.25, 0.3) is 5.91 Å². The van der Waals surface area contributed by atoms with Gasteiger partial charge in [0.15, 0.2) is 11.6 Å². The average molecular weight is 355 g/mol. The van der Waals surface area contributed by atoms with Crippen LogP contribution in [0, 0.1) is 12.7 Å². The summed E-state index contributed by atoms with van der Waals surface area (Å²) < 4.78 is 23.9. The third-order valence-electron chi connectivity index (χ3n) is 3.86. The fourth-order valence-electron chi connectivity index (χ4n) is 2.51. The fraction of sp³-hybridized carbons (Fsp3) is 0.211. The summed E-state index contributed by atoms with van der Waals surface area (Å²) in [7, 11) is 2.95. The van der Waals surface area contributed by atoms with E-state index in [1.807, 2.05) is 31.2 Å². The number of ether oxygens (including phenoxy) is 1. The van der Waals surface area contributed by atoms with Crippen molar-refractivity contribution in [3.8, 4) is 17.1 Å². The first-order chi connectivity index (χ1) is 12.5. The van der Waals surface area contributed by atoms with Crippen molar-refractivity contribution in [2.45, 2.75) is 13.5 Å². The van der Waals surface area contributed by atoms with Crippen LogP contribution < -0.4 is 4.74 Å². The second kappa shape index (κ2) is 7.35.